The molecule has 1 heterocycles. The highest BCUT2D eigenvalue weighted by Gasteiger charge is 2.24. The van der Waals surface area contributed by atoms with E-state index in [0.717, 1.165) is 58.3 Å². The van der Waals surface area contributed by atoms with Crippen LogP contribution in [0.25, 0.3) is 21.7 Å². The summed E-state index contributed by atoms with van der Waals surface area (Å²) in [6.07, 6.45) is 3.62. The second-order valence-corrected chi connectivity index (χ2v) is 12.7. The van der Waals surface area contributed by atoms with E-state index < -0.39 is 29.7 Å². The zero-order valence-corrected chi connectivity index (χ0v) is 28.0. The van der Waals surface area contributed by atoms with Gasteiger partial charge in [-0.2, -0.15) is 0 Å². The summed E-state index contributed by atoms with van der Waals surface area (Å²) in [4.78, 5) is 18.4. The van der Waals surface area contributed by atoms with Crippen molar-refractivity contribution in [2.45, 2.75) is 58.2 Å². The van der Waals surface area contributed by atoms with Gasteiger partial charge in [-0.25, -0.2) is 13.8 Å². The average Bonchev–Trinajstić information content (AvgIpc) is 3.63. The monoisotopic (exact) mass is 669 g/mol. The third-order valence-corrected chi connectivity index (χ3v) is 8.89. The Labute approximate surface area is 284 Å². The van der Waals surface area contributed by atoms with Crippen LogP contribution in [0.2, 0.25) is 0 Å². The number of aliphatic hydroxyl groups is 1. The van der Waals surface area contributed by atoms with E-state index in [-0.39, 0.29) is 13.0 Å². The molecule has 0 spiro atoms. The molecule has 48 heavy (non-hydrogen) atoms. The molecule has 9 heteroatoms. The van der Waals surface area contributed by atoms with Gasteiger partial charge in [-0.3, -0.25) is 4.79 Å². The molecule has 0 aliphatic heterocycles. The maximum atomic E-state index is 14.1. The minimum Gasteiger partial charge on any atom is -0.494 e. The fourth-order valence-corrected chi connectivity index (χ4v) is 6.10. The number of aryl methyl sites for hydroxylation is 1. The van der Waals surface area contributed by atoms with E-state index in [4.69, 9.17) is 4.74 Å². The maximum Gasteiger partial charge on any atom is 0.251 e. The van der Waals surface area contributed by atoms with Crippen LogP contribution in [0.5, 0.6) is 5.75 Å². The molecule has 5 aromatic rings. The third-order valence-electron chi connectivity index (χ3n) is 8.07. The van der Waals surface area contributed by atoms with Crippen LogP contribution in [0.15, 0.2) is 96.5 Å². The predicted molar refractivity (Wildman–Crippen MR) is 188 cm³/mol. The molecule has 2 atom stereocenters. The lowest BCUT2D eigenvalue weighted by Gasteiger charge is -2.25. The molecule has 4 aromatic carbocycles. The van der Waals surface area contributed by atoms with Gasteiger partial charge in [0.25, 0.3) is 5.91 Å². The first kappa shape index (κ1) is 34.9. The maximum absolute atomic E-state index is 14.1. The Morgan fingerprint density at radius 1 is 0.896 bits per heavy atom. The van der Waals surface area contributed by atoms with Gasteiger partial charge in [0.05, 0.1) is 18.8 Å². The van der Waals surface area contributed by atoms with E-state index in [9.17, 15) is 18.7 Å². The summed E-state index contributed by atoms with van der Waals surface area (Å²) in [5, 5.41) is 20.2. The van der Waals surface area contributed by atoms with Gasteiger partial charge in [0.1, 0.15) is 22.4 Å². The van der Waals surface area contributed by atoms with Gasteiger partial charge in [0, 0.05) is 41.9 Å². The van der Waals surface area contributed by atoms with Crippen LogP contribution < -0.4 is 15.4 Å². The second-order valence-electron chi connectivity index (χ2n) is 11.8. The molecule has 6 nitrogen and oxygen atoms in total. The quantitative estimate of drug-likeness (QED) is 0.0929. The summed E-state index contributed by atoms with van der Waals surface area (Å²) in [6, 6.07) is 23.9. The van der Waals surface area contributed by atoms with Crippen LogP contribution in [0.3, 0.4) is 0 Å². The Hall–Kier alpha value is -4.44. The minimum atomic E-state index is -1.06. The van der Waals surface area contributed by atoms with Gasteiger partial charge >= 0.3 is 0 Å². The van der Waals surface area contributed by atoms with E-state index >= 15 is 0 Å². The molecular formula is C39H41F2N3O3S. The molecule has 1 amide bonds. The molecule has 0 bridgehead atoms. The highest BCUT2D eigenvalue weighted by molar-refractivity contribution is 7.13. The third kappa shape index (κ3) is 9.79. The normalized spacial score (nSPS) is 12.4. The van der Waals surface area contributed by atoms with Gasteiger partial charge < -0.3 is 20.5 Å². The number of benzene rings is 4. The molecule has 0 saturated carbocycles. The number of ether oxygens (including phenoxy) is 1. The number of hydrogen-bond acceptors (Lipinski definition) is 6. The summed E-state index contributed by atoms with van der Waals surface area (Å²) >= 11 is 1.46. The number of halogens is 2. The van der Waals surface area contributed by atoms with Crippen molar-refractivity contribution in [2.24, 2.45) is 0 Å². The van der Waals surface area contributed by atoms with Crippen molar-refractivity contribution in [1.82, 2.24) is 15.6 Å². The van der Waals surface area contributed by atoms with Crippen molar-refractivity contribution in [3.63, 3.8) is 0 Å². The van der Waals surface area contributed by atoms with Crippen molar-refractivity contribution in [3.8, 4) is 27.4 Å². The predicted octanol–water partition coefficient (Wildman–Crippen LogP) is 7.99. The molecule has 0 aliphatic rings. The summed E-state index contributed by atoms with van der Waals surface area (Å²) in [6.45, 7) is 5.52. The number of aliphatic hydroxyl groups excluding tert-OH is 1. The van der Waals surface area contributed by atoms with E-state index in [0.29, 0.717) is 24.3 Å². The second kappa shape index (κ2) is 17.1. The molecule has 0 saturated heterocycles. The fourth-order valence-electron chi connectivity index (χ4n) is 5.48. The van der Waals surface area contributed by atoms with Gasteiger partial charge in [-0.05, 0) is 89.5 Å². The SMILES string of the molecule is CCCCOc1ccc(-c2cc(C(=O)NC(Cc3cc(F)cc(F)c3)C(O)CNCc3cccc(CC)c3)cc(-c3nccs3)c2)cc1. The molecule has 3 N–H and O–H groups in total. The number of rotatable bonds is 16. The van der Waals surface area contributed by atoms with Gasteiger partial charge in [-0.1, -0.05) is 56.7 Å². The lowest BCUT2D eigenvalue weighted by Crippen LogP contribution is -2.48. The number of carbonyl (C=O) groups excluding carboxylic acids is 1. The number of aromatic nitrogens is 1. The fraction of sp³-hybridized carbons (Fsp3) is 0.282. The highest BCUT2D eigenvalue weighted by Crippen LogP contribution is 2.31. The Bertz CT molecular complexity index is 1760. The van der Waals surface area contributed by atoms with Crippen LogP contribution in [0.4, 0.5) is 8.78 Å². The van der Waals surface area contributed by atoms with E-state index in [1.54, 1.807) is 18.3 Å². The topological polar surface area (TPSA) is 83.5 Å². The number of hydrogen-bond donors (Lipinski definition) is 3. The zero-order chi connectivity index (χ0) is 33.9. The number of unbranched alkanes of at least 4 members (excludes halogenated alkanes) is 1. The standard InChI is InChI=1S/C39H41F2N3O3S/c1-3-5-14-47-35-11-9-29(10-12-35)30-20-31(22-32(21-30)39-43-13-15-48-39)38(46)44-36(19-28-17-33(40)23-34(41)18-28)37(45)25-42-24-27-8-6-7-26(4-2)16-27/h6-13,15-18,20-23,36-37,42,45H,3-5,14,19,24-25H2,1-2H3,(H,44,46). The van der Waals surface area contributed by atoms with Crippen molar-refractivity contribution < 1.29 is 23.4 Å². The Morgan fingerprint density at radius 3 is 2.35 bits per heavy atom. The van der Waals surface area contributed by atoms with Crippen LogP contribution in [-0.2, 0) is 19.4 Å². The van der Waals surface area contributed by atoms with Crippen molar-refractivity contribution in [1.29, 1.82) is 0 Å². The van der Waals surface area contributed by atoms with Crippen molar-refractivity contribution >= 4 is 17.2 Å². The first-order valence-corrected chi connectivity index (χ1v) is 17.2. The first-order valence-electron chi connectivity index (χ1n) is 16.3. The number of nitrogens with zero attached hydrogens (tertiary/aromatic N) is 1. The van der Waals surface area contributed by atoms with Gasteiger partial charge in [0.15, 0.2) is 0 Å². The Morgan fingerprint density at radius 2 is 1.65 bits per heavy atom. The summed E-state index contributed by atoms with van der Waals surface area (Å²) in [7, 11) is 0. The summed E-state index contributed by atoms with van der Waals surface area (Å²) in [5.74, 6) is -1.09. The minimum absolute atomic E-state index is 0.0209. The lowest BCUT2D eigenvalue weighted by atomic mass is 9.97. The molecule has 5 rings (SSSR count). The van der Waals surface area contributed by atoms with E-state index in [1.807, 2.05) is 47.8 Å². The van der Waals surface area contributed by atoms with Gasteiger partial charge in [0.2, 0.25) is 0 Å². The lowest BCUT2D eigenvalue weighted by molar-refractivity contribution is 0.0830. The highest BCUT2D eigenvalue weighted by atomic mass is 32.1. The van der Waals surface area contributed by atoms with Crippen molar-refractivity contribution in [2.75, 3.05) is 13.2 Å². The van der Waals surface area contributed by atoms with E-state index in [1.165, 1.54) is 29.0 Å². The Balaban J connectivity index is 1.39. The average molecular weight is 670 g/mol. The molecule has 250 valence electrons. The molecule has 2 unspecified atom stereocenters. The number of thiazole rings is 1. The van der Waals surface area contributed by atoms with Crippen LogP contribution in [-0.4, -0.2) is 41.3 Å². The number of amides is 1. The van der Waals surface area contributed by atoms with Crippen LogP contribution in [0, 0.1) is 11.6 Å². The first-order chi connectivity index (χ1) is 23.3. The largest absolute Gasteiger partial charge is 0.494 e. The summed E-state index contributed by atoms with van der Waals surface area (Å²) < 4.78 is 34.1. The number of carbonyl (C=O) groups is 1. The molecule has 1 aromatic heterocycles. The Kier molecular flexibility index (Phi) is 12.4. The van der Waals surface area contributed by atoms with Crippen LogP contribution in [0.1, 0.15) is 53.7 Å². The molecule has 0 fully saturated rings. The molecule has 0 aliphatic carbocycles. The molecular weight excluding hydrogens is 629 g/mol. The van der Waals surface area contributed by atoms with Crippen molar-refractivity contribution in [3.05, 3.63) is 130 Å². The smallest absolute Gasteiger partial charge is 0.251 e. The number of nitrogens with one attached hydrogen (secondary N) is 2. The zero-order valence-electron chi connectivity index (χ0n) is 27.2. The van der Waals surface area contributed by atoms with Crippen LogP contribution >= 0.6 is 11.3 Å². The van der Waals surface area contributed by atoms with E-state index in [2.05, 4.69) is 41.6 Å². The molecule has 0 radical (unpaired) electrons. The van der Waals surface area contributed by atoms with Gasteiger partial charge in [-0.15, -0.1) is 11.3 Å². The summed E-state index contributed by atoms with van der Waals surface area (Å²) in [5.41, 5.74) is 5.46.